The molecule has 0 amide bonds. The maximum atomic E-state index is 5.39. The van der Waals surface area contributed by atoms with Gasteiger partial charge in [-0.1, -0.05) is 6.92 Å². The summed E-state index contributed by atoms with van der Waals surface area (Å²) in [6, 6.07) is 0. The van der Waals surface area contributed by atoms with Crippen molar-refractivity contribution in [1.29, 1.82) is 0 Å². The highest BCUT2D eigenvalue weighted by Gasteiger charge is 2.09. The number of hydrogen-bond donors (Lipinski definition) is 2. The molecule has 0 bridgehead atoms. The Hall–Kier alpha value is -1.76. The van der Waals surface area contributed by atoms with Crippen LogP contribution in [0.4, 0.5) is 0 Å². The maximum absolute atomic E-state index is 5.39. The molecule has 7 nitrogen and oxygen atoms in total. The summed E-state index contributed by atoms with van der Waals surface area (Å²) in [5, 5.41) is 21.0. The monoisotopic (exact) mass is 208 g/mol. The first-order valence-corrected chi connectivity index (χ1v) is 4.79. The molecule has 2 aromatic rings. The van der Waals surface area contributed by atoms with Crippen molar-refractivity contribution >= 4 is 0 Å². The average Bonchev–Trinajstić information content (AvgIpc) is 2.87. The molecule has 0 radical (unpaired) electrons. The summed E-state index contributed by atoms with van der Waals surface area (Å²) in [5.74, 6) is 1.00. The third-order valence-corrected chi connectivity index (χ3v) is 1.87. The van der Waals surface area contributed by atoms with E-state index in [0.29, 0.717) is 17.5 Å². The summed E-state index contributed by atoms with van der Waals surface area (Å²) in [7, 11) is 0. The number of nitrogens with zero attached hydrogens (tertiary/aromatic N) is 4. The van der Waals surface area contributed by atoms with Gasteiger partial charge in [0.15, 0.2) is 5.69 Å². The summed E-state index contributed by atoms with van der Waals surface area (Å²) in [5.41, 5.74) is 0.567. The molecule has 0 aliphatic carbocycles. The zero-order valence-corrected chi connectivity index (χ0v) is 8.40. The van der Waals surface area contributed by atoms with Gasteiger partial charge in [0.1, 0.15) is 0 Å². The van der Waals surface area contributed by atoms with E-state index in [1.54, 1.807) is 6.20 Å². The molecule has 2 N–H and O–H groups in total. The molecule has 15 heavy (non-hydrogen) atoms. The van der Waals surface area contributed by atoms with Gasteiger partial charge in [-0.15, -0.1) is 10.2 Å². The Balaban J connectivity index is 1.98. The molecule has 0 spiro atoms. The minimum atomic E-state index is 0.398. The van der Waals surface area contributed by atoms with Gasteiger partial charge >= 0.3 is 0 Å². The lowest BCUT2D eigenvalue weighted by Crippen LogP contribution is -2.16. The minimum Gasteiger partial charge on any atom is -0.419 e. The molecule has 0 saturated carbocycles. The fraction of sp³-hybridized carbons (Fsp3) is 0.500. The van der Waals surface area contributed by atoms with Crippen LogP contribution in [0.2, 0.25) is 0 Å². The van der Waals surface area contributed by atoms with E-state index in [4.69, 9.17) is 4.42 Å². The van der Waals surface area contributed by atoms with Gasteiger partial charge < -0.3 is 9.73 Å². The number of aromatic nitrogens is 5. The number of H-pyrrole nitrogens is 1. The van der Waals surface area contributed by atoms with Gasteiger partial charge in [-0.25, -0.2) is 0 Å². The predicted octanol–water partition coefficient (Wildman–Crippen LogP) is 0.00670. The molecule has 0 aromatic carbocycles. The molecule has 0 aliphatic rings. The fourth-order valence-corrected chi connectivity index (χ4v) is 1.13. The number of likely N-dealkylation sites (N-methyl/N-ethyl adjacent to an activating group) is 1. The van der Waals surface area contributed by atoms with E-state index in [-0.39, 0.29) is 0 Å². The third-order valence-electron chi connectivity index (χ3n) is 1.87. The van der Waals surface area contributed by atoms with Gasteiger partial charge in [0.25, 0.3) is 5.89 Å². The van der Waals surface area contributed by atoms with E-state index in [2.05, 4.69) is 37.8 Å². The van der Waals surface area contributed by atoms with Crippen LogP contribution in [0.3, 0.4) is 0 Å². The second kappa shape index (κ2) is 4.65. The number of aromatic amines is 1. The molecule has 7 heteroatoms. The van der Waals surface area contributed by atoms with Crippen molar-refractivity contribution in [3.63, 3.8) is 0 Å². The standard InChI is InChI=1S/C8H12N6O/c1-2-9-4-3-7-12-13-8(15-7)6-5-10-14-11-6/h5,9H,2-4H2,1H3,(H,10,11,14). The van der Waals surface area contributed by atoms with Crippen LogP contribution in [0.5, 0.6) is 0 Å². The predicted molar refractivity (Wildman–Crippen MR) is 51.9 cm³/mol. The minimum absolute atomic E-state index is 0.398. The molecular weight excluding hydrogens is 196 g/mol. The first-order chi connectivity index (χ1) is 7.40. The van der Waals surface area contributed by atoms with E-state index in [9.17, 15) is 0 Å². The highest BCUT2D eigenvalue weighted by molar-refractivity contribution is 5.42. The van der Waals surface area contributed by atoms with Crippen LogP contribution in [0.15, 0.2) is 10.6 Å². The largest absolute Gasteiger partial charge is 0.419 e. The van der Waals surface area contributed by atoms with E-state index in [0.717, 1.165) is 19.5 Å². The molecule has 2 rings (SSSR count). The van der Waals surface area contributed by atoms with Crippen LogP contribution in [0, 0.1) is 0 Å². The lowest BCUT2D eigenvalue weighted by atomic mass is 10.4. The summed E-state index contributed by atoms with van der Waals surface area (Å²) in [6.45, 7) is 3.82. The molecular formula is C8H12N6O. The molecule has 0 aliphatic heterocycles. The molecule has 2 aromatic heterocycles. The van der Waals surface area contributed by atoms with Crippen LogP contribution in [-0.4, -0.2) is 38.7 Å². The average molecular weight is 208 g/mol. The first-order valence-electron chi connectivity index (χ1n) is 4.79. The Kier molecular flexibility index (Phi) is 3.03. The van der Waals surface area contributed by atoms with E-state index < -0.39 is 0 Å². The lowest BCUT2D eigenvalue weighted by Gasteiger charge is -1.95. The summed E-state index contributed by atoms with van der Waals surface area (Å²) in [4.78, 5) is 0. The van der Waals surface area contributed by atoms with Crippen molar-refractivity contribution in [1.82, 2.24) is 30.9 Å². The first kappa shape index (κ1) is 9.78. The maximum Gasteiger partial charge on any atom is 0.269 e. The summed E-state index contributed by atoms with van der Waals surface area (Å²) >= 11 is 0. The van der Waals surface area contributed by atoms with Crippen molar-refractivity contribution in [3.8, 4) is 11.6 Å². The normalized spacial score (nSPS) is 10.7. The highest BCUT2D eigenvalue weighted by Crippen LogP contribution is 2.12. The van der Waals surface area contributed by atoms with Crippen molar-refractivity contribution in [2.75, 3.05) is 13.1 Å². The van der Waals surface area contributed by atoms with Crippen LogP contribution < -0.4 is 5.32 Å². The number of nitrogens with one attached hydrogen (secondary N) is 2. The topological polar surface area (TPSA) is 92.5 Å². The zero-order chi connectivity index (χ0) is 10.5. The van der Waals surface area contributed by atoms with E-state index in [1.165, 1.54) is 0 Å². The second-order valence-electron chi connectivity index (χ2n) is 2.96. The summed E-state index contributed by atoms with van der Waals surface area (Å²) < 4.78 is 5.39. The van der Waals surface area contributed by atoms with Crippen LogP contribution in [-0.2, 0) is 6.42 Å². The van der Waals surface area contributed by atoms with Crippen molar-refractivity contribution in [2.24, 2.45) is 0 Å². The van der Waals surface area contributed by atoms with E-state index >= 15 is 0 Å². The van der Waals surface area contributed by atoms with Gasteiger partial charge in [-0.3, -0.25) is 0 Å². The SMILES string of the molecule is CCNCCc1nnc(-c2cn[nH]n2)o1. The fourth-order valence-electron chi connectivity index (χ4n) is 1.13. The second-order valence-corrected chi connectivity index (χ2v) is 2.96. The van der Waals surface area contributed by atoms with Gasteiger partial charge in [0.05, 0.1) is 6.20 Å². The molecule has 2 heterocycles. The smallest absolute Gasteiger partial charge is 0.269 e. The quantitative estimate of drug-likeness (QED) is 0.672. The Bertz CT molecular complexity index is 395. The van der Waals surface area contributed by atoms with Gasteiger partial charge in [-0.05, 0) is 6.54 Å². The molecule has 0 saturated heterocycles. The molecule has 0 fully saturated rings. The van der Waals surface area contributed by atoms with Crippen LogP contribution in [0.25, 0.3) is 11.6 Å². The lowest BCUT2D eigenvalue weighted by molar-refractivity contribution is 0.495. The molecule has 0 atom stereocenters. The van der Waals surface area contributed by atoms with E-state index in [1.807, 2.05) is 0 Å². The molecule has 0 unspecified atom stereocenters. The number of rotatable bonds is 5. The molecule has 80 valence electrons. The Morgan fingerprint density at radius 3 is 3.13 bits per heavy atom. The Labute approximate surface area is 86.3 Å². The van der Waals surface area contributed by atoms with Gasteiger partial charge in [-0.2, -0.15) is 15.4 Å². The highest BCUT2D eigenvalue weighted by atomic mass is 16.4. The van der Waals surface area contributed by atoms with Crippen LogP contribution >= 0.6 is 0 Å². The summed E-state index contributed by atoms with van der Waals surface area (Å²) in [6.07, 6.45) is 2.26. The van der Waals surface area contributed by atoms with Gasteiger partial charge in [0, 0.05) is 13.0 Å². The zero-order valence-electron chi connectivity index (χ0n) is 8.40. The Morgan fingerprint density at radius 1 is 1.47 bits per heavy atom. The van der Waals surface area contributed by atoms with Crippen LogP contribution in [0.1, 0.15) is 12.8 Å². The van der Waals surface area contributed by atoms with Gasteiger partial charge in [0.2, 0.25) is 5.89 Å². The van der Waals surface area contributed by atoms with Crippen molar-refractivity contribution in [3.05, 3.63) is 12.1 Å². The number of hydrogen-bond acceptors (Lipinski definition) is 6. The van der Waals surface area contributed by atoms with Crippen molar-refractivity contribution < 1.29 is 4.42 Å². The Morgan fingerprint density at radius 2 is 2.40 bits per heavy atom. The third kappa shape index (κ3) is 2.38. The van der Waals surface area contributed by atoms with Crippen molar-refractivity contribution in [2.45, 2.75) is 13.3 Å².